The minimum Gasteiger partial charge on any atom is -0.393 e. The normalized spacial score (nSPS) is 29.6. The average molecular weight is 230 g/mol. The summed E-state index contributed by atoms with van der Waals surface area (Å²) in [7, 11) is 0. The number of nitrogens with one attached hydrogen (secondary N) is 1. The highest BCUT2D eigenvalue weighted by molar-refractivity contribution is 5.80. The highest BCUT2D eigenvalue weighted by atomic mass is 16.3. The largest absolute Gasteiger partial charge is 0.393 e. The van der Waals surface area contributed by atoms with Crippen molar-refractivity contribution in [3.8, 4) is 0 Å². The Morgan fingerprint density at radius 1 is 1.24 bits per heavy atom. The van der Waals surface area contributed by atoms with E-state index in [0.717, 1.165) is 31.2 Å². The summed E-state index contributed by atoms with van der Waals surface area (Å²) in [5, 5.41) is 10.8. The van der Waals surface area contributed by atoms with Gasteiger partial charge in [-0.05, 0) is 48.8 Å². The predicted molar refractivity (Wildman–Crippen MR) is 68.6 cm³/mol. The molecule has 0 unspecified atom stereocenters. The molecule has 1 aliphatic carbocycles. The van der Waals surface area contributed by atoms with Crippen molar-refractivity contribution in [1.29, 1.82) is 0 Å². The topological polar surface area (TPSA) is 62.0 Å². The highest BCUT2D eigenvalue weighted by Crippen LogP contribution is 2.35. The first-order chi connectivity index (χ1) is 8.17. The van der Waals surface area contributed by atoms with E-state index in [0.29, 0.717) is 0 Å². The lowest BCUT2D eigenvalue weighted by Gasteiger charge is -2.36. The zero-order valence-electron chi connectivity index (χ0n) is 9.82. The third-order valence-electron chi connectivity index (χ3n) is 3.98. The zero-order valence-corrected chi connectivity index (χ0v) is 9.82. The summed E-state index contributed by atoms with van der Waals surface area (Å²) in [6.45, 7) is 0. The van der Waals surface area contributed by atoms with Crippen LogP contribution >= 0.6 is 0 Å². The van der Waals surface area contributed by atoms with Gasteiger partial charge in [-0.1, -0.05) is 12.1 Å². The van der Waals surface area contributed by atoms with Crippen LogP contribution < -0.4 is 5.73 Å². The summed E-state index contributed by atoms with van der Waals surface area (Å²) in [6, 6.07) is 8.44. The van der Waals surface area contributed by atoms with Gasteiger partial charge in [0.25, 0.3) is 0 Å². The maximum atomic E-state index is 9.57. The van der Waals surface area contributed by atoms with E-state index < -0.39 is 0 Å². The molecule has 2 aromatic rings. The van der Waals surface area contributed by atoms with Crippen LogP contribution in [-0.2, 0) is 5.54 Å². The molecule has 0 radical (unpaired) electrons. The highest BCUT2D eigenvalue weighted by Gasteiger charge is 2.32. The number of hydrogen-bond acceptors (Lipinski definition) is 2. The quantitative estimate of drug-likeness (QED) is 0.703. The van der Waals surface area contributed by atoms with E-state index in [9.17, 15) is 5.11 Å². The smallest absolute Gasteiger partial charge is 0.0541 e. The third kappa shape index (κ3) is 1.85. The second-order valence-corrected chi connectivity index (χ2v) is 5.17. The van der Waals surface area contributed by atoms with E-state index in [4.69, 9.17) is 5.73 Å². The Kier molecular flexibility index (Phi) is 2.45. The zero-order chi connectivity index (χ0) is 11.9. The van der Waals surface area contributed by atoms with Gasteiger partial charge in [-0.2, -0.15) is 0 Å². The Morgan fingerprint density at radius 2 is 2.00 bits per heavy atom. The van der Waals surface area contributed by atoms with Crippen LogP contribution in [-0.4, -0.2) is 16.2 Å². The van der Waals surface area contributed by atoms with Crippen LogP contribution in [0.4, 0.5) is 0 Å². The summed E-state index contributed by atoms with van der Waals surface area (Å²) < 4.78 is 0. The van der Waals surface area contributed by atoms with Gasteiger partial charge in [0, 0.05) is 17.3 Å². The Hall–Kier alpha value is -1.32. The number of aliphatic hydroxyl groups excluding tert-OH is 1. The first-order valence-electron chi connectivity index (χ1n) is 6.22. The SMILES string of the molecule is NC1(c2ccc3cc[nH]c3c2)CCC(O)CC1. The maximum Gasteiger partial charge on any atom is 0.0541 e. The van der Waals surface area contributed by atoms with Crippen LogP contribution in [0.1, 0.15) is 31.2 Å². The molecule has 3 heteroatoms. The van der Waals surface area contributed by atoms with Crippen LogP contribution in [0.2, 0.25) is 0 Å². The Balaban J connectivity index is 1.96. The molecule has 3 nitrogen and oxygen atoms in total. The van der Waals surface area contributed by atoms with Gasteiger partial charge in [0.05, 0.1) is 6.10 Å². The Morgan fingerprint density at radius 3 is 2.76 bits per heavy atom. The molecule has 1 aliphatic rings. The standard InChI is InChI=1S/C14H18N2O/c15-14(6-3-12(17)4-7-14)11-2-1-10-5-8-16-13(10)9-11/h1-2,5,8-9,12,16-17H,3-4,6-7,15H2. The molecule has 1 aromatic heterocycles. The van der Waals surface area contributed by atoms with Gasteiger partial charge in [0.1, 0.15) is 0 Å². The summed E-state index contributed by atoms with van der Waals surface area (Å²) in [6.07, 6.45) is 5.11. The number of aromatic amines is 1. The second kappa shape index (κ2) is 3.86. The number of fused-ring (bicyclic) bond motifs is 1. The van der Waals surface area contributed by atoms with E-state index in [-0.39, 0.29) is 11.6 Å². The lowest BCUT2D eigenvalue weighted by molar-refractivity contribution is 0.0969. The van der Waals surface area contributed by atoms with Crippen LogP contribution in [0.25, 0.3) is 10.9 Å². The first kappa shape index (κ1) is 10.8. The van der Waals surface area contributed by atoms with E-state index in [1.54, 1.807) is 0 Å². The van der Waals surface area contributed by atoms with Gasteiger partial charge in [0.15, 0.2) is 0 Å². The molecule has 4 N–H and O–H groups in total. The van der Waals surface area contributed by atoms with Crippen molar-refractivity contribution in [2.45, 2.75) is 37.3 Å². The van der Waals surface area contributed by atoms with Gasteiger partial charge in [-0.3, -0.25) is 0 Å². The third-order valence-corrected chi connectivity index (χ3v) is 3.98. The summed E-state index contributed by atoms with van der Waals surface area (Å²) >= 11 is 0. The van der Waals surface area contributed by atoms with E-state index in [1.807, 2.05) is 6.20 Å². The molecule has 1 saturated carbocycles. The predicted octanol–water partition coefficient (Wildman–Crippen LogP) is 2.26. The minimum atomic E-state index is -0.265. The molecular formula is C14H18N2O. The average Bonchev–Trinajstić information content (AvgIpc) is 2.80. The fraction of sp³-hybridized carbons (Fsp3) is 0.429. The van der Waals surface area contributed by atoms with Crippen LogP contribution in [0, 0.1) is 0 Å². The van der Waals surface area contributed by atoms with E-state index in [1.165, 1.54) is 10.9 Å². The molecule has 0 atom stereocenters. The molecule has 90 valence electrons. The molecule has 0 bridgehead atoms. The molecule has 0 spiro atoms. The van der Waals surface area contributed by atoms with Crippen molar-refractivity contribution in [2.24, 2.45) is 5.73 Å². The first-order valence-corrected chi connectivity index (χ1v) is 6.22. The lowest BCUT2D eigenvalue weighted by Crippen LogP contribution is -2.41. The summed E-state index contributed by atoms with van der Waals surface area (Å²) in [4.78, 5) is 3.22. The molecule has 0 aliphatic heterocycles. The minimum absolute atomic E-state index is 0.166. The summed E-state index contributed by atoms with van der Waals surface area (Å²) in [5.41, 5.74) is 8.53. The molecule has 0 amide bonds. The van der Waals surface area contributed by atoms with Crippen molar-refractivity contribution >= 4 is 10.9 Å². The maximum absolute atomic E-state index is 9.57. The lowest BCUT2D eigenvalue weighted by atomic mass is 9.76. The van der Waals surface area contributed by atoms with Crippen molar-refractivity contribution in [1.82, 2.24) is 4.98 Å². The fourth-order valence-electron chi connectivity index (χ4n) is 2.76. The van der Waals surface area contributed by atoms with Gasteiger partial charge in [0.2, 0.25) is 0 Å². The number of H-pyrrole nitrogens is 1. The Labute approximate surface area is 101 Å². The van der Waals surface area contributed by atoms with Gasteiger partial charge in [-0.25, -0.2) is 0 Å². The number of aliphatic hydroxyl groups is 1. The molecule has 1 heterocycles. The van der Waals surface area contributed by atoms with Crippen molar-refractivity contribution in [2.75, 3.05) is 0 Å². The second-order valence-electron chi connectivity index (χ2n) is 5.17. The molecule has 17 heavy (non-hydrogen) atoms. The van der Waals surface area contributed by atoms with Crippen LogP contribution in [0.15, 0.2) is 30.5 Å². The van der Waals surface area contributed by atoms with Crippen LogP contribution in [0.3, 0.4) is 0 Å². The van der Waals surface area contributed by atoms with E-state index in [2.05, 4.69) is 29.2 Å². The number of nitrogens with two attached hydrogens (primary N) is 1. The van der Waals surface area contributed by atoms with Crippen molar-refractivity contribution in [3.63, 3.8) is 0 Å². The monoisotopic (exact) mass is 230 g/mol. The Bertz CT molecular complexity index is 524. The number of benzene rings is 1. The molecule has 1 fully saturated rings. The van der Waals surface area contributed by atoms with E-state index >= 15 is 0 Å². The molecule has 0 saturated heterocycles. The van der Waals surface area contributed by atoms with Gasteiger partial charge >= 0.3 is 0 Å². The number of hydrogen-bond donors (Lipinski definition) is 3. The van der Waals surface area contributed by atoms with Gasteiger partial charge < -0.3 is 15.8 Å². The molecule has 1 aromatic carbocycles. The molecular weight excluding hydrogens is 212 g/mol. The van der Waals surface area contributed by atoms with Crippen LogP contribution in [0.5, 0.6) is 0 Å². The van der Waals surface area contributed by atoms with Crippen molar-refractivity contribution < 1.29 is 5.11 Å². The number of aromatic nitrogens is 1. The number of rotatable bonds is 1. The van der Waals surface area contributed by atoms with Gasteiger partial charge in [-0.15, -0.1) is 0 Å². The van der Waals surface area contributed by atoms with Crippen molar-refractivity contribution in [3.05, 3.63) is 36.0 Å². The molecule has 3 rings (SSSR count). The summed E-state index contributed by atoms with van der Waals surface area (Å²) in [5.74, 6) is 0. The fourth-order valence-corrected chi connectivity index (χ4v) is 2.76.